The molecular weight excluding hydrogens is 613 g/mol. The first-order chi connectivity index (χ1) is 21.2. The molecule has 0 saturated heterocycles. The number of carbonyl (C=O) groups is 2. The van der Waals surface area contributed by atoms with Crippen LogP contribution in [0.25, 0.3) is 21.7 Å². The number of nitrogens with one attached hydrogen (secondary N) is 1. The Morgan fingerprint density at radius 2 is 1.66 bits per heavy atom. The molecule has 226 valence electrons. The van der Waals surface area contributed by atoms with E-state index < -0.39 is 5.97 Å². The van der Waals surface area contributed by atoms with Crippen molar-refractivity contribution < 1.29 is 14.7 Å². The van der Waals surface area contributed by atoms with E-state index in [1.807, 2.05) is 66.7 Å². The highest BCUT2D eigenvalue weighted by Gasteiger charge is 2.29. The van der Waals surface area contributed by atoms with Crippen LogP contribution in [0.5, 0.6) is 0 Å². The molecule has 0 spiro atoms. The smallest absolute Gasteiger partial charge is 0.305 e. The second-order valence-electron chi connectivity index (χ2n) is 11.1. The Morgan fingerprint density at radius 3 is 2.30 bits per heavy atom. The lowest BCUT2D eigenvalue weighted by Gasteiger charge is -2.34. The van der Waals surface area contributed by atoms with Gasteiger partial charge in [0.25, 0.3) is 5.91 Å². The van der Waals surface area contributed by atoms with Gasteiger partial charge in [-0.1, -0.05) is 114 Å². The molecule has 9 heteroatoms. The maximum Gasteiger partial charge on any atom is 0.305 e. The van der Waals surface area contributed by atoms with Crippen molar-refractivity contribution in [3.8, 4) is 21.7 Å². The zero-order valence-electron chi connectivity index (χ0n) is 24.3. The molecule has 1 aromatic heterocycles. The maximum absolute atomic E-state index is 12.6. The molecule has 3 aromatic carbocycles. The number of halogens is 2. The molecule has 1 amide bonds. The lowest BCUT2D eigenvalue weighted by atomic mass is 9.81. The number of carbonyl (C=O) groups excluding carboxylic acids is 1. The van der Waals surface area contributed by atoms with E-state index in [-0.39, 0.29) is 24.3 Å². The number of carboxylic acids is 1. The van der Waals surface area contributed by atoms with Crippen molar-refractivity contribution in [1.29, 1.82) is 0 Å². The third kappa shape index (κ3) is 8.17. The monoisotopic (exact) mass is 645 g/mol. The highest BCUT2D eigenvalue weighted by Crippen LogP contribution is 2.42. The van der Waals surface area contributed by atoms with Crippen molar-refractivity contribution in [3.05, 3.63) is 118 Å². The first-order valence-corrected chi connectivity index (χ1v) is 16.0. The van der Waals surface area contributed by atoms with Crippen molar-refractivity contribution in [2.45, 2.75) is 26.2 Å². The van der Waals surface area contributed by atoms with Gasteiger partial charge >= 0.3 is 5.97 Å². The van der Waals surface area contributed by atoms with E-state index in [2.05, 4.69) is 47.5 Å². The van der Waals surface area contributed by atoms with Crippen LogP contribution in [0.4, 0.5) is 5.13 Å². The van der Waals surface area contributed by atoms with Crippen LogP contribution < -0.4 is 10.2 Å². The number of hydrogen-bond donors (Lipinski definition) is 2. The standard InChI is InChI=1S/C35H33Cl2N3O3S/c1-35(19-15-27(16-20-35)33(43)38-21-17-30(41)42)23-40(22-18-24-7-11-28(36)12-8-24)34-39-31(25-9-13-29(37)14-10-25)32(44-34)26-5-3-2-4-6-26/h2-16,19H,17-18,20-23H2,1H3,(H,38,43)(H,41,42). The number of thiazole rings is 1. The lowest BCUT2D eigenvalue weighted by molar-refractivity contribution is -0.136. The summed E-state index contributed by atoms with van der Waals surface area (Å²) in [4.78, 5) is 32.1. The van der Waals surface area contributed by atoms with Gasteiger partial charge in [0.05, 0.1) is 17.0 Å². The number of allylic oxidation sites excluding steroid dienone is 1. The number of amides is 1. The van der Waals surface area contributed by atoms with Gasteiger partial charge < -0.3 is 15.3 Å². The number of rotatable bonds is 12. The van der Waals surface area contributed by atoms with E-state index in [0.717, 1.165) is 39.8 Å². The summed E-state index contributed by atoms with van der Waals surface area (Å²) in [6, 6.07) is 26.0. The molecule has 1 unspecified atom stereocenters. The Balaban J connectivity index is 1.44. The minimum atomic E-state index is -0.943. The fourth-order valence-corrected chi connectivity index (χ4v) is 6.44. The topological polar surface area (TPSA) is 82.5 Å². The molecule has 6 nitrogen and oxygen atoms in total. The molecule has 1 aliphatic carbocycles. The highest BCUT2D eigenvalue weighted by molar-refractivity contribution is 7.19. The Bertz CT molecular complexity index is 1670. The van der Waals surface area contributed by atoms with Gasteiger partial charge in [-0.05, 0) is 48.2 Å². The summed E-state index contributed by atoms with van der Waals surface area (Å²) in [5, 5.41) is 13.9. The second-order valence-corrected chi connectivity index (χ2v) is 12.9. The average molecular weight is 647 g/mol. The van der Waals surface area contributed by atoms with Crippen molar-refractivity contribution in [2.75, 3.05) is 24.5 Å². The van der Waals surface area contributed by atoms with E-state index in [4.69, 9.17) is 33.3 Å². The first kappa shape index (κ1) is 31.5. The summed E-state index contributed by atoms with van der Waals surface area (Å²) >= 11 is 14.0. The van der Waals surface area contributed by atoms with Crippen LogP contribution >= 0.6 is 34.5 Å². The van der Waals surface area contributed by atoms with Gasteiger partial charge in [0.1, 0.15) is 0 Å². The molecule has 0 radical (unpaired) electrons. The summed E-state index contributed by atoms with van der Waals surface area (Å²) in [5.41, 5.74) is 4.48. The quantitative estimate of drug-likeness (QED) is 0.162. The van der Waals surface area contributed by atoms with Crippen molar-refractivity contribution >= 4 is 51.5 Å². The number of benzene rings is 3. The minimum absolute atomic E-state index is 0.0961. The number of aliphatic carboxylic acids is 1. The number of anilines is 1. The van der Waals surface area contributed by atoms with E-state index in [1.54, 1.807) is 11.3 Å². The Hall–Kier alpha value is -3.91. The minimum Gasteiger partial charge on any atom is -0.481 e. The summed E-state index contributed by atoms with van der Waals surface area (Å²) in [6.07, 6.45) is 7.21. The van der Waals surface area contributed by atoms with E-state index in [1.165, 1.54) is 5.56 Å². The molecule has 1 aliphatic rings. The van der Waals surface area contributed by atoms with Crippen molar-refractivity contribution in [2.24, 2.45) is 5.41 Å². The predicted molar refractivity (Wildman–Crippen MR) is 181 cm³/mol. The largest absolute Gasteiger partial charge is 0.481 e. The van der Waals surface area contributed by atoms with E-state index in [0.29, 0.717) is 28.6 Å². The van der Waals surface area contributed by atoms with Crippen LogP contribution in [-0.4, -0.2) is 41.6 Å². The summed E-state index contributed by atoms with van der Waals surface area (Å²) in [6.45, 7) is 3.70. The van der Waals surface area contributed by atoms with Crippen LogP contribution in [0.2, 0.25) is 10.0 Å². The first-order valence-electron chi connectivity index (χ1n) is 14.4. The molecule has 5 rings (SSSR count). The number of nitrogens with zero attached hydrogens (tertiary/aromatic N) is 2. The Labute approximate surface area is 271 Å². The van der Waals surface area contributed by atoms with E-state index >= 15 is 0 Å². The third-order valence-corrected chi connectivity index (χ3v) is 9.19. The van der Waals surface area contributed by atoms with Crippen LogP contribution in [0.1, 0.15) is 25.3 Å². The number of carboxylic acid groups (broad SMARTS) is 1. The fourth-order valence-electron chi connectivity index (χ4n) is 5.07. The Morgan fingerprint density at radius 1 is 0.977 bits per heavy atom. The predicted octanol–water partition coefficient (Wildman–Crippen LogP) is 8.32. The van der Waals surface area contributed by atoms with Crippen LogP contribution in [0, 0.1) is 5.41 Å². The van der Waals surface area contributed by atoms with Crippen LogP contribution in [-0.2, 0) is 16.0 Å². The lowest BCUT2D eigenvalue weighted by Crippen LogP contribution is -2.37. The fraction of sp³-hybridized carbons (Fsp3) is 0.229. The molecule has 2 N–H and O–H groups in total. The molecule has 44 heavy (non-hydrogen) atoms. The molecule has 1 atom stereocenters. The van der Waals surface area contributed by atoms with Gasteiger partial charge in [0.2, 0.25) is 0 Å². The SMILES string of the molecule is CC1(CN(CCc2ccc(Cl)cc2)c2nc(-c3ccc(Cl)cc3)c(-c3ccccc3)s2)C=CC(C(=O)NCCC(=O)O)=CC1. The molecule has 0 fully saturated rings. The Kier molecular flexibility index (Phi) is 10.2. The average Bonchev–Trinajstić information content (AvgIpc) is 3.46. The van der Waals surface area contributed by atoms with Crippen LogP contribution in [0.3, 0.4) is 0 Å². The third-order valence-electron chi connectivity index (χ3n) is 7.52. The van der Waals surface area contributed by atoms with E-state index in [9.17, 15) is 9.59 Å². The van der Waals surface area contributed by atoms with Gasteiger partial charge in [-0.25, -0.2) is 4.98 Å². The van der Waals surface area contributed by atoms with Crippen molar-refractivity contribution in [3.63, 3.8) is 0 Å². The summed E-state index contributed by atoms with van der Waals surface area (Å²) in [7, 11) is 0. The van der Waals surface area contributed by atoms with Crippen molar-refractivity contribution in [1.82, 2.24) is 10.3 Å². The molecule has 4 aromatic rings. The molecule has 0 aliphatic heterocycles. The van der Waals surface area contributed by atoms with Gasteiger partial charge in [0, 0.05) is 46.2 Å². The van der Waals surface area contributed by atoms with Gasteiger partial charge in [0.15, 0.2) is 5.13 Å². The zero-order valence-corrected chi connectivity index (χ0v) is 26.6. The summed E-state index contributed by atoms with van der Waals surface area (Å²) in [5.74, 6) is -1.20. The molecular formula is C35H33Cl2N3O3S. The molecule has 0 bridgehead atoms. The zero-order chi connectivity index (χ0) is 31.1. The number of aromatic nitrogens is 1. The molecule has 1 heterocycles. The summed E-state index contributed by atoms with van der Waals surface area (Å²) < 4.78 is 0. The second kappa shape index (κ2) is 14.2. The highest BCUT2D eigenvalue weighted by atomic mass is 35.5. The maximum atomic E-state index is 12.6. The van der Waals surface area contributed by atoms with Gasteiger partial charge in [-0.3, -0.25) is 9.59 Å². The normalized spacial score (nSPS) is 15.9. The van der Waals surface area contributed by atoms with Gasteiger partial charge in [-0.15, -0.1) is 0 Å². The molecule has 0 saturated carbocycles. The van der Waals surface area contributed by atoms with Gasteiger partial charge in [-0.2, -0.15) is 0 Å². The van der Waals surface area contributed by atoms with Crippen LogP contribution in [0.15, 0.2) is 103 Å². The number of hydrogen-bond acceptors (Lipinski definition) is 5.